The fourth-order valence-electron chi connectivity index (χ4n) is 3.25. The van der Waals surface area contributed by atoms with E-state index in [4.69, 9.17) is 34.8 Å². The Balaban J connectivity index is 1.53. The molecule has 0 radical (unpaired) electrons. The first-order valence-electron chi connectivity index (χ1n) is 9.42. The Morgan fingerprint density at radius 3 is 2.45 bits per heavy atom. The molecule has 2 N–H and O–H groups in total. The highest BCUT2D eigenvalue weighted by Gasteiger charge is 2.18. The summed E-state index contributed by atoms with van der Waals surface area (Å²) in [4.78, 5) is 12.8. The van der Waals surface area contributed by atoms with Crippen molar-refractivity contribution in [1.29, 1.82) is 0 Å². The van der Waals surface area contributed by atoms with E-state index in [-0.39, 0.29) is 5.91 Å². The number of anilines is 1. The summed E-state index contributed by atoms with van der Waals surface area (Å²) >= 11 is 18.2. The highest BCUT2D eigenvalue weighted by Crippen LogP contribution is 2.29. The number of nitrogens with zero attached hydrogens (tertiary/aromatic N) is 3. The second-order valence-corrected chi connectivity index (χ2v) is 8.36. The SMILES string of the molecule is Cc1nn(Cc2ccc(Cl)cc2)c(C)c1NC(=O)c1cc(-c2ccc(Cl)cc2Cl)n[nH]1. The number of carbonyl (C=O) groups excluding carboxylic acids is 1. The minimum atomic E-state index is -0.318. The largest absolute Gasteiger partial charge is 0.318 e. The van der Waals surface area contributed by atoms with Crippen LogP contribution in [0.4, 0.5) is 5.69 Å². The van der Waals surface area contributed by atoms with Gasteiger partial charge in [-0.15, -0.1) is 0 Å². The van der Waals surface area contributed by atoms with Crippen LogP contribution < -0.4 is 5.32 Å². The Kier molecular flexibility index (Phi) is 6.05. The first-order chi connectivity index (χ1) is 14.8. The number of benzene rings is 2. The maximum absolute atomic E-state index is 12.8. The Morgan fingerprint density at radius 2 is 1.74 bits per heavy atom. The minimum absolute atomic E-state index is 0.310. The van der Waals surface area contributed by atoms with Gasteiger partial charge in [0.15, 0.2) is 0 Å². The van der Waals surface area contributed by atoms with Gasteiger partial charge in [0.2, 0.25) is 0 Å². The van der Waals surface area contributed by atoms with Gasteiger partial charge in [0, 0.05) is 15.6 Å². The Labute approximate surface area is 194 Å². The molecule has 0 unspecified atom stereocenters. The first-order valence-corrected chi connectivity index (χ1v) is 10.6. The smallest absolute Gasteiger partial charge is 0.273 e. The van der Waals surface area contributed by atoms with Crippen LogP contribution in [0.3, 0.4) is 0 Å². The van der Waals surface area contributed by atoms with E-state index in [1.54, 1.807) is 24.3 Å². The number of hydrogen-bond donors (Lipinski definition) is 2. The third-order valence-corrected chi connectivity index (χ3v) is 5.69. The second-order valence-electron chi connectivity index (χ2n) is 7.08. The number of H-pyrrole nitrogens is 1. The molecule has 0 atom stereocenters. The zero-order valence-electron chi connectivity index (χ0n) is 16.7. The predicted octanol–water partition coefficient (Wildman–Crippen LogP) is 6.15. The summed E-state index contributed by atoms with van der Waals surface area (Å²) in [5.74, 6) is -0.318. The molecule has 31 heavy (non-hydrogen) atoms. The van der Waals surface area contributed by atoms with Crippen LogP contribution in [0.25, 0.3) is 11.3 Å². The standard InChI is InChI=1S/C22H18Cl3N5O/c1-12-21(13(2)30(29-12)11-14-3-5-15(23)6-4-14)26-22(31)20-10-19(27-28-20)17-8-7-16(24)9-18(17)25/h3-10H,11H2,1-2H3,(H,26,31)(H,27,28). The van der Waals surface area contributed by atoms with Crippen molar-refractivity contribution in [2.75, 3.05) is 5.32 Å². The lowest BCUT2D eigenvalue weighted by Gasteiger charge is -2.07. The van der Waals surface area contributed by atoms with Crippen LogP contribution in [0.5, 0.6) is 0 Å². The summed E-state index contributed by atoms with van der Waals surface area (Å²) in [6, 6.07) is 14.3. The summed E-state index contributed by atoms with van der Waals surface area (Å²) < 4.78 is 1.85. The van der Waals surface area contributed by atoms with E-state index in [1.165, 1.54) is 0 Å². The lowest BCUT2D eigenvalue weighted by atomic mass is 10.1. The van der Waals surface area contributed by atoms with Crippen molar-refractivity contribution in [3.05, 3.63) is 86.2 Å². The van der Waals surface area contributed by atoms with E-state index in [0.29, 0.717) is 44.3 Å². The number of hydrogen-bond acceptors (Lipinski definition) is 3. The first kappa shape index (κ1) is 21.4. The lowest BCUT2D eigenvalue weighted by molar-refractivity contribution is 0.102. The molecular formula is C22H18Cl3N5O. The van der Waals surface area contributed by atoms with Crippen LogP contribution in [0.1, 0.15) is 27.4 Å². The molecule has 0 aliphatic heterocycles. The van der Waals surface area contributed by atoms with E-state index in [1.807, 2.05) is 42.8 Å². The minimum Gasteiger partial charge on any atom is -0.318 e. The topological polar surface area (TPSA) is 75.6 Å². The lowest BCUT2D eigenvalue weighted by Crippen LogP contribution is -2.14. The number of halogens is 3. The molecule has 6 nitrogen and oxygen atoms in total. The number of aromatic amines is 1. The van der Waals surface area contributed by atoms with Crippen LogP contribution in [-0.4, -0.2) is 25.9 Å². The van der Waals surface area contributed by atoms with Gasteiger partial charge in [-0.05, 0) is 55.8 Å². The predicted molar refractivity (Wildman–Crippen MR) is 124 cm³/mol. The molecule has 0 bridgehead atoms. The summed E-state index contributed by atoms with van der Waals surface area (Å²) in [6.07, 6.45) is 0. The average Bonchev–Trinajstić information content (AvgIpc) is 3.31. The van der Waals surface area contributed by atoms with Gasteiger partial charge in [-0.2, -0.15) is 10.2 Å². The van der Waals surface area contributed by atoms with Crippen molar-refractivity contribution in [2.24, 2.45) is 0 Å². The monoisotopic (exact) mass is 473 g/mol. The van der Waals surface area contributed by atoms with E-state index in [9.17, 15) is 4.79 Å². The van der Waals surface area contributed by atoms with Gasteiger partial charge in [-0.3, -0.25) is 14.6 Å². The zero-order chi connectivity index (χ0) is 22.1. The van der Waals surface area contributed by atoms with Crippen LogP contribution in [0, 0.1) is 13.8 Å². The molecule has 4 rings (SSSR count). The van der Waals surface area contributed by atoms with Gasteiger partial charge < -0.3 is 5.32 Å². The quantitative estimate of drug-likeness (QED) is 0.364. The van der Waals surface area contributed by atoms with E-state index < -0.39 is 0 Å². The summed E-state index contributed by atoms with van der Waals surface area (Å²) in [5, 5.41) is 16.1. The van der Waals surface area contributed by atoms with E-state index in [0.717, 1.165) is 17.0 Å². The van der Waals surface area contributed by atoms with Crippen LogP contribution in [0.15, 0.2) is 48.5 Å². The molecule has 0 aliphatic carbocycles. The van der Waals surface area contributed by atoms with Crippen molar-refractivity contribution >= 4 is 46.4 Å². The van der Waals surface area contributed by atoms with Gasteiger partial charge in [0.05, 0.1) is 34.3 Å². The fraction of sp³-hybridized carbons (Fsp3) is 0.136. The van der Waals surface area contributed by atoms with Gasteiger partial charge in [-0.1, -0.05) is 46.9 Å². The Hall–Kier alpha value is -2.80. The maximum atomic E-state index is 12.8. The van der Waals surface area contributed by atoms with Gasteiger partial charge in [0.25, 0.3) is 5.91 Å². The Morgan fingerprint density at radius 1 is 1.03 bits per heavy atom. The van der Waals surface area contributed by atoms with Gasteiger partial charge >= 0.3 is 0 Å². The van der Waals surface area contributed by atoms with Crippen molar-refractivity contribution in [2.45, 2.75) is 20.4 Å². The number of carbonyl (C=O) groups is 1. The molecule has 2 aromatic heterocycles. The number of aryl methyl sites for hydroxylation is 1. The van der Waals surface area contributed by atoms with E-state index in [2.05, 4.69) is 20.6 Å². The molecule has 4 aromatic rings. The van der Waals surface area contributed by atoms with Gasteiger partial charge in [0.1, 0.15) is 5.69 Å². The molecule has 2 heterocycles. The number of aromatic nitrogens is 4. The van der Waals surface area contributed by atoms with E-state index >= 15 is 0 Å². The molecule has 1 amide bonds. The third-order valence-electron chi connectivity index (χ3n) is 4.90. The van der Waals surface area contributed by atoms with Crippen molar-refractivity contribution in [1.82, 2.24) is 20.0 Å². The maximum Gasteiger partial charge on any atom is 0.273 e. The molecular weight excluding hydrogens is 457 g/mol. The highest BCUT2D eigenvalue weighted by atomic mass is 35.5. The van der Waals surface area contributed by atoms with Crippen molar-refractivity contribution < 1.29 is 4.79 Å². The number of amides is 1. The van der Waals surface area contributed by atoms with Crippen molar-refractivity contribution in [3.63, 3.8) is 0 Å². The summed E-state index contributed by atoms with van der Waals surface area (Å²) in [6.45, 7) is 4.34. The summed E-state index contributed by atoms with van der Waals surface area (Å²) in [5.41, 5.74) is 4.85. The molecule has 0 fully saturated rings. The zero-order valence-corrected chi connectivity index (χ0v) is 19.0. The molecule has 158 valence electrons. The molecule has 0 saturated heterocycles. The highest BCUT2D eigenvalue weighted by molar-refractivity contribution is 6.36. The van der Waals surface area contributed by atoms with Crippen LogP contribution in [-0.2, 0) is 6.54 Å². The molecule has 0 saturated carbocycles. The second kappa shape index (κ2) is 8.75. The third kappa shape index (κ3) is 4.61. The molecule has 2 aromatic carbocycles. The molecule has 0 aliphatic rings. The van der Waals surface area contributed by atoms with Crippen LogP contribution >= 0.6 is 34.8 Å². The molecule has 9 heteroatoms. The van der Waals surface area contributed by atoms with Crippen molar-refractivity contribution in [3.8, 4) is 11.3 Å². The van der Waals surface area contributed by atoms with Gasteiger partial charge in [-0.25, -0.2) is 0 Å². The van der Waals surface area contributed by atoms with Crippen LogP contribution in [0.2, 0.25) is 15.1 Å². The summed E-state index contributed by atoms with van der Waals surface area (Å²) in [7, 11) is 0. The fourth-order valence-corrected chi connectivity index (χ4v) is 3.88. The average molecular weight is 475 g/mol. The number of nitrogens with one attached hydrogen (secondary N) is 2. The normalized spacial score (nSPS) is 11.0. The Bertz CT molecular complexity index is 1260. The number of rotatable bonds is 5. The molecule has 0 spiro atoms.